The van der Waals surface area contributed by atoms with Gasteiger partial charge in [0.25, 0.3) is 0 Å². The normalized spacial score (nSPS) is 18.6. The minimum Gasteiger partial charge on any atom is -0.450 e. The Hall–Kier alpha value is -3.79. The van der Waals surface area contributed by atoms with Crippen molar-refractivity contribution in [2.45, 2.75) is 45.3 Å². The number of fused-ring (bicyclic) bond motifs is 3. The first kappa shape index (κ1) is 21.7. The van der Waals surface area contributed by atoms with Gasteiger partial charge in [0.15, 0.2) is 11.2 Å². The number of rotatable bonds is 4. The maximum Gasteiger partial charge on any atom is 0.349 e. The Morgan fingerprint density at radius 2 is 2.00 bits per heavy atom. The van der Waals surface area contributed by atoms with Gasteiger partial charge in [-0.25, -0.2) is 9.78 Å². The van der Waals surface area contributed by atoms with E-state index in [0.29, 0.717) is 34.5 Å². The first-order chi connectivity index (χ1) is 16.9. The van der Waals surface area contributed by atoms with Crippen LogP contribution in [0.2, 0.25) is 0 Å². The summed E-state index contributed by atoms with van der Waals surface area (Å²) in [6.45, 7) is 4.67. The SMILES string of the molecule is CC[C@H]1C[C@@H](n2c(=O)nc(-c3cnn(C)c3)c3oc4ccc(-c5cn(C)nc5C)nc4c32)CCO1. The molecule has 1 aliphatic heterocycles. The molecule has 10 nitrogen and oxygen atoms in total. The molecule has 5 aromatic heterocycles. The van der Waals surface area contributed by atoms with Crippen LogP contribution in [0.5, 0.6) is 0 Å². The second-order valence-corrected chi connectivity index (χ2v) is 9.22. The van der Waals surface area contributed by atoms with Gasteiger partial charge in [-0.3, -0.25) is 13.9 Å². The van der Waals surface area contributed by atoms with Crippen LogP contribution in [-0.4, -0.2) is 46.8 Å². The van der Waals surface area contributed by atoms with Gasteiger partial charge in [-0.15, -0.1) is 0 Å². The molecule has 0 amide bonds. The van der Waals surface area contributed by atoms with Gasteiger partial charge in [0.2, 0.25) is 0 Å². The Morgan fingerprint density at radius 3 is 2.71 bits per heavy atom. The molecule has 6 heterocycles. The van der Waals surface area contributed by atoms with Gasteiger partial charge in [-0.2, -0.15) is 15.2 Å². The number of aryl methyl sites for hydroxylation is 3. The van der Waals surface area contributed by atoms with E-state index in [0.717, 1.165) is 41.8 Å². The Morgan fingerprint density at radius 1 is 1.14 bits per heavy atom. The molecule has 0 spiro atoms. The molecule has 1 fully saturated rings. The van der Waals surface area contributed by atoms with Crippen LogP contribution < -0.4 is 5.69 Å². The second-order valence-electron chi connectivity index (χ2n) is 9.22. The lowest BCUT2D eigenvalue weighted by atomic mass is 10.0. The molecule has 0 N–H and O–H groups in total. The number of nitrogens with zero attached hydrogens (tertiary/aromatic N) is 7. The van der Waals surface area contributed by atoms with Crippen LogP contribution in [-0.2, 0) is 18.8 Å². The number of aromatic nitrogens is 7. The maximum atomic E-state index is 13.6. The van der Waals surface area contributed by atoms with Crippen LogP contribution in [0.3, 0.4) is 0 Å². The molecule has 0 bridgehead atoms. The van der Waals surface area contributed by atoms with Crippen LogP contribution in [0, 0.1) is 6.92 Å². The van der Waals surface area contributed by atoms with Crippen LogP contribution in [0.1, 0.15) is 37.9 Å². The van der Waals surface area contributed by atoms with Crippen molar-refractivity contribution in [3.05, 3.63) is 46.9 Å². The Bertz CT molecular complexity index is 1620. The highest BCUT2D eigenvalue weighted by molar-refractivity contribution is 6.05. The van der Waals surface area contributed by atoms with Crippen molar-refractivity contribution < 1.29 is 9.15 Å². The molecule has 6 rings (SSSR count). The number of hydrogen-bond acceptors (Lipinski definition) is 7. The standard InChI is InChI=1S/C25H27N7O3/c1-5-17-10-16(8-9-34-17)32-23-22-20(7-6-19(27-22)18-13-31(4)29-14(18)2)35-24(23)21(28-25(32)33)15-11-26-30(3)12-15/h6-7,11-13,16-17H,5,8-10H2,1-4H3/t16-,17-/m0/s1. The third kappa shape index (κ3) is 3.56. The van der Waals surface area contributed by atoms with E-state index in [1.165, 1.54) is 0 Å². The molecule has 1 aliphatic rings. The fourth-order valence-corrected chi connectivity index (χ4v) is 5.10. The zero-order chi connectivity index (χ0) is 24.3. The van der Waals surface area contributed by atoms with Gasteiger partial charge in [0, 0.05) is 50.3 Å². The van der Waals surface area contributed by atoms with Gasteiger partial charge < -0.3 is 9.15 Å². The summed E-state index contributed by atoms with van der Waals surface area (Å²) >= 11 is 0. The average molecular weight is 474 g/mol. The van der Waals surface area contributed by atoms with Crippen molar-refractivity contribution in [1.82, 2.24) is 34.1 Å². The molecule has 0 aromatic carbocycles. The minimum atomic E-state index is -0.314. The highest BCUT2D eigenvalue weighted by Gasteiger charge is 2.29. The molecular weight excluding hydrogens is 446 g/mol. The van der Waals surface area contributed by atoms with Crippen molar-refractivity contribution in [2.24, 2.45) is 14.1 Å². The smallest absolute Gasteiger partial charge is 0.349 e. The lowest BCUT2D eigenvalue weighted by Crippen LogP contribution is -2.34. The van der Waals surface area contributed by atoms with Crippen LogP contribution >= 0.6 is 0 Å². The van der Waals surface area contributed by atoms with E-state index >= 15 is 0 Å². The van der Waals surface area contributed by atoms with Crippen molar-refractivity contribution in [2.75, 3.05) is 6.61 Å². The van der Waals surface area contributed by atoms with E-state index in [2.05, 4.69) is 22.1 Å². The van der Waals surface area contributed by atoms with Gasteiger partial charge in [-0.1, -0.05) is 6.92 Å². The summed E-state index contributed by atoms with van der Waals surface area (Å²) in [5.74, 6) is 0. The molecule has 180 valence electrons. The average Bonchev–Trinajstić information content (AvgIpc) is 3.54. The molecule has 10 heteroatoms. The molecule has 1 saturated heterocycles. The molecular formula is C25H27N7O3. The van der Waals surface area contributed by atoms with Crippen molar-refractivity contribution in [1.29, 1.82) is 0 Å². The topological polar surface area (TPSA) is 106 Å². The zero-order valence-corrected chi connectivity index (χ0v) is 20.2. The van der Waals surface area contributed by atoms with Gasteiger partial charge >= 0.3 is 5.69 Å². The highest BCUT2D eigenvalue weighted by Crippen LogP contribution is 2.37. The summed E-state index contributed by atoms with van der Waals surface area (Å²) in [6.07, 6.45) is 7.95. The van der Waals surface area contributed by atoms with Gasteiger partial charge in [-0.05, 0) is 38.3 Å². The highest BCUT2D eigenvalue weighted by atomic mass is 16.5. The van der Waals surface area contributed by atoms with E-state index in [-0.39, 0.29) is 17.8 Å². The van der Waals surface area contributed by atoms with Crippen molar-refractivity contribution >= 4 is 22.2 Å². The summed E-state index contributed by atoms with van der Waals surface area (Å²) in [5, 5.41) is 8.73. The number of hydrogen-bond donors (Lipinski definition) is 0. The first-order valence-electron chi connectivity index (χ1n) is 11.9. The summed E-state index contributed by atoms with van der Waals surface area (Å²) in [6, 6.07) is 3.78. The van der Waals surface area contributed by atoms with E-state index in [9.17, 15) is 4.79 Å². The molecule has 0 unspecified atom stereocenters. The van der Waals surface area contributed by atoms with Crippen molar-refractivity contribution in [3.8, 4) is 22.5 Å². The minimum absolute atomic E-state index is 0.0504. The molecule has 35 heavy (non-hydrogen) atoms. The summed E-state index contributed by atoms with van der Waals surface area (Å²) in [7, 11) is 3.72. The van der Waals surface area contributed by atoms with E-state index in [1.807, 2.05) is 45.5 Å². The Labute approximate surface area is 201 Å². The third-order valence-corrected chi connectivity index (χ3v) is 6.81. The lowest BCUT2D eigenvalue weighted by Gasteiger charge is -2.30. The van der Waals surface area contributed by atoms with E-state index < -0.39 is 0 Å². The molecule has 0 radical (unpaired) electrons. The lowest BCUT2D eigenvalue weighted by molar-refractivity contribution is -0.00710. The maximum absolute atomic E-state index is 13.6. The summed E-state index contributed by atoms with van der Waals surface area (Å²) in [5.41, 5.74) is 5.96. The summed E-state index contributed by atoms with van der Waals surface area (Å²) in [4.78, 5) is 23.1. The molecule has 2 atom stereocenters. The first-order valence-corrected chi connectivity index (χ1v) is 11.9. The largest absolute Gasteiger partial charge is 0.450 e. The Balaban J connectivity index is 1.66. The fraction of sp³-hybridized carbons (Fsp3) is 0.400. The number of pyridine rings is 1. The van der Waals surface area contributed by atoms with Crippen LogP contribution in [0.4, 0.5) is 0 Å². The number of furan rings is 1. The number of ether oxygens (including phenoxy) is 1. The monoisotopic (exact) mass is 473 g/mol. The summed E-state index contributed by atoms with van der Waals surface area (Å²) < 4.78 is 17.5. The Kier molecular flexibility index (Phi) is 5.06. The molecule has 0 saturated carbocycles. The molecule has 5 aromatic rings. The van der Waals surface area contributed by atoms with Crippen LogP contribution in [0.25, 0.3) is 44.7 Å². The predicted molar refractivity (Wildman–Crippen MR) is 131 cm³/mol. The van der Waals surface area contributed by atoms with E-state index in [1.54, 1.807) is 20.1 Å². The van der Waals surface area contributed by atoms with Crippen LogP contribution in [0.15, 0.2) is 39.9 Å². The van der Waals surface area contributed by atoms with E-state index in [4.69, 9.17) is 14.1 Å². The third-order valence-electron chi connectivity index (χ3n) is 6.81. The van der Waals surface area contributed by atoms with Gasteiger partial charge in [0.05, 0.1) is 23.7 Å². The predicted octanol–water partition coefficient (Wildman–Crippen LogP) is 3.78. The van der Waals surface area contributed by atoms with Gasteiger partial charge in [0.1, 0.15) is 16.7 Å². The van der Waals surface area contributed by atoms with Crippen molar-refractivity contribution in [3.63, 3.8) is 0 Å². The quantitative estimate of drug-likeness (QED) is 0.391. The zero-order valence-electron chi connectivity index (χ0n) is 20.2. The fourth-order valence-electron chi connectivity index (χ4n) is 5.10. The molecule has 0 aliphatic carbocycles. The second kappa shape index (κ2) is 8.16.